The highest BCUT2D eigenvalue weighted by molar-refractivity contribution is 5.81. The minimum Gasteiger partial charge on any atom is -0.355 e. The van der Waals surface area contributed by atoms with Gasteiger partial charge in [0.1, 0.15) is 0 Å². The SMILES string of the molecule is CCNC(=O)C(C)N1CCCCCC1CN. The van der Waals surface area contributed by atoms with E-state index in [1.54, 1.807) is 0 Å². The Kier molecular flexibility index (Phi) is 5.77. The lowest BCUT2D eigenvalue weighted by atomic mass is 10.1. The first-order valence-electron chi connectivity index (χ1n) is 6.44. The van der Waals surface area contributed by atoms with Gasteiger partial charge in [-0.25, -0.2) is 0 Å². The lowest BCUT2D eigenvalue weighted by Crippen LogP contribution is -2.51. The Morgan fingerprint density at radius 1 is 1.50 bits per heavy atom. The summed E-state index contributed by atoms with van der Waals surface area (Å²) >= 11 is 0. The Hall–Kier alpha value is -0.610. The molecule has 94 valence electrons. The summed E-state index contributed by atoms with van der Waals surface area (Å²) in [7, 11) is 0. The third-order valence-electron chi connectivity index (χ3n) is 3.42. The molecule has 0 aromatic rings. The summed E-state index contributed by atoms with van der Waals surface area (Å²) in [6.07, 6.45) is 4.80. The lowest BCUT2D eigenvalue weighted by molar-refractivity contribution is -0.126. The van der Waals surface area contributed by atoms with Crippen molar-refractivity contribution in [1.29, 1.82) is 0 Å². The topological polar surface area (TPSA) is 58.4 Å². The van der Waals surface area contributed by atoms with Crippen LogP contribution >= 0.6 is 0 Å². The molecule has 0 saturated carbocycles. The zero-order valence-corrected chi connectivity index (χ0v) is 10.5. The summed E-state index contributed by atoms with van der Waals surface area (Å²) in [6, 6.07) is 0.326. The first kappa shape index (κ1) is 13.5. The number of nitrogens with one attached hydrogen (secondary N) is 1. The maximum absolute atomic E-state index is 11.8. The largest absolute Gasteiger partial charge is 0.355 e. The molecule has 16 heavy (non-hydrogen) atoms. The van der Waals surface area contributed by atoms with Gasteiger partial charge in [-0.2, -0.15) is 0 Å². The summed E-state index contributed by atoms with van der Waals surface area (Å²) in [5.41, 5.74) is 5.80. The maximum Gasteiger partial charge on any atom is 0.237 e. The molecule has 2 atom stereocenters. The predicted octanol–water partition coefficient (Wildman–Crippen LogP) is 0.714. The highest BCUT2D eigenvalue weighted by Gasteiger charge is 2.27. The van der Waals surface area contributed by atoms with Crippen LogP contribution in [0.3, 0.4) is 0 Å². The fraction of sp³-hybridized carbons (Fsp3) is 0.917. The van der Waals surface area contributed by atoms with E-state index in [2.05, 4.69) is 10.2 Å². The van der Waals surface area contributed by atoms with E-state index in [0.29, 0.717) is 19.1 Å². The van der Waals surface area contributed by atoms with E-state index in [0.717, 1.165) is 13.0 Å². The fourth-order valence-electron chi connectivity index (χ4n) is 2.44. The van der Waals surface area contributed by atoms with Crippen LogP contribution in [0, 0.1) is 0 Å². The van der Waals surface area contributed by atoms with Gasteiger partial charge in [0.05, 0.1) is 6.04 Å². The van der Waals surface area contributed by atoms with Crippen molar-refractivity contribution in [3.63, 3.8) is 0 Å². The van der Waals surface area contributed by atoms with E-state index in [-0.39, 0.29) is 11.9 Å². The molecule has 1 aliphatic heterocycles. The molecule has 4 nitrogen and oxygen atoms in total. The van der Waals surface area contributed by atoms with Gasteiger partial charge in [0.25, 0.3) is 0 Å². The standard InChI is InChI=1S/C12H25N3O/c1-3-14-12(16)10(2)15-8-6-4-5-7-11(15)9-13/h10-11H,3-9,13H2,1-2H3,(H,14,16). The molecule has 0 aromatic carbocycles. The van der Waals surface area contributed by atoms with E-state index in [1.807, 2.05) is 13.8 Å². The molecule has 1 saturated heterocycles. The molecule has 2 unspecified atom stereocenters. The Morgan fingerprint density at radius 2 is 2.25 bits per heavy atom. The van der Waals surface area contributed by atoms with E-state index in [1.165, 1.54) is 19.3 Å². The smallest absolute Gasteiger partial charge is 0.237 e. The number of carbonyl (C=O) groups is 1. The molecule has 3 N–H and O–H groups in total. The second kappa shape index (κ2) is 6.86. The summed E-state index contributed by atoms with van der Waals surface area (Å²) in [5.74, 6) is 0.128. The molecule has 1 heterocycles. The average Bonchev–Trinajstić information content (AvgIpc) is 2.53. The monoisotopic (exact) mass is 227 g/mol. The van der Waals surface area contributed by atoms with E-state index in [9.17, 15) is 4.79 Å². The van der Waals surface area contributed by atoms with Crippen molar-refractivity contribution in [2.75, 3.05) is 19.6 Å². The number of carbonyl (C=O) groups excluding carboxylic acids is 1. The van der Waals surface area contributed by atoms with Crippen LogP contribution in [0.5, 0.6) is 0 Å². The molecule has 0 bridgehead atoms. The lowest BCUT2D eigenvalue weighted by Gasteiger charge is -2.33. The molecule has 1 amide bonds. The Labute approximate surface area is 98.6 Å². The number of nitrogens with zero attached hydrogens (tertiary/aromatic N) is 1. The molecular formula is C12H25N3O. The fourth-order valence-corrected chi connectivity index (χ4v) is 2.44. The number of likely N-dealkylation sites (tertiary alicyclic amines) is 1. The first-order valence-corrected chi connectivity index (χ1v) is 6.44. The minimum absolute atomic E-state index is 0.0494. The molecule has 4 heteroatoms. The van der Waals surface area contributed by atoms with Gasteiger partial charge in [-0.1, -0.05) is 12.8 Å². The Bertz CT molecular complexity index is 220. The quantitative estimate of drug-likeness (QED) is 0.744. The van der Waals surface area contributed by atoms with E-state index in [4.69, 9.17) is 5.73 Å². The van der Waals surface area contributed by atoms with E-state index < -0.39 is 0 Å². The van der Waals surface area contributed by atoms with Gasteiger partial charge in [-0.05, 0) is 33.2 Å². The molecule has 0 aromatic heterocycles. The second-order valence-corrected chi connectivity index (χ2v) is 4.55. The van der Waals surface area contributed by atoms with Crippen molar-refractivity contribution >= 4 is 5.91 Å². The van der Waals surface area contributed by atoms with Crippen molar-refractivity contribution < 1.29 is 4.79 Å². The van der Waals surface area contributed by atoms with Crippen LogP contribution in [-0.2, 0) is 4.79 Å². The van der Waals surface area contributed by atoms with Crippen LogP contribution in [0.1, 0.15) is 39.5 Å². The zero-order chi connectivity index (χ0) is 12.0. The van der Waals surface area contributed by atoms with Crippen molar-refractivity contribution in [3.05, 3.63) is 0 Å². The maximum atomic E-state index is 11.8. The third-order valence-corrected chi connectivity index (χ3v) is 3.42. The average molecular weight is 227 g/mol. The number of amides is 1. The van der Waals surface area contributed by atoms with Gasteiger partial charge in [0.2, 0.25) is 5.91 Å². The molecule has 1 aliphatic rings. The van der Waals surface area contributed by atoms with Gasteiger partial charge in [-0.3, -0.25) is 9.69 Å². The minimum atomic E-state index is -0.0494. The molecule has 0 spiro atoms. The van der Waals surface area contributed by atoms with Crippen molar-refractivity contribution in [1.82, 2.24) is 10.2 Å². The summed E-state index contributed by atoms with van der Waals surface area (Å²) < 4.78 is 0. The van der Waals surface area contributed by atoms with Crippen LogP contribution in [0.4, 0.5) is 0 Å². The van der Waals surface area contributed by atoms with Gasteiger partial charge in [0, 0.05) is 19.1 Å². The van der Waals surface area contributed by atoms with Crippen LogP contribution in [0.2, 0.25) is 0 Å². The van der Waals surface area contributed by atoms with Crippen molar-refractivity contribution in [3.8, 4) is 0 Å². The number of hydrogen-bond acceptors (Lipinski definition) is 3. The normalized spacial score (nSPS) is 24.8. The number of rotatable bonds is 4. The van der Waals surface area contributed by atoms with Gasteiger partial charge in [-0.15, -0.1) is 0 Å². The molecular weight excluding hydrogens is 202 g/mol. The van der Waals surface area contributed by atoms with E-state index >= 15 is 0 Å². The molecule has 0 aliphatic carbocycles. The number of likely N-dealkylation sites (N-methyl/N-ethyl adjacent to an activating group) is 1. The third kappa shape index (κ3) is 3.46. The first-order chi connectivity index (χ1) is 7.70. The highest BCUT2D eigenvalue weighted by atomic mass is 16.2. The Balaban J connectivity index is 2.61. The summed E-state index contributed by atoms with van der Waals surface area (Å²) in [4.78, 5) is 14.1. The van der Waals surface area contributed by atoms with Crippen LogP contribution in [-0.4, -0.2) is 42.5 Å². The van der Waals surface area contributed by atoms with Gasteiger partial charge < -0.3 is 11.1 Å². The molecule has 1 rings (SSSR count). The van der Waals surface area contributed by atoms with Crippen LogP contribution in [0.15, 0.2) is 0 Å². The number of hydrogen-bond donors (Lipinski definition) is 2. The molecule has 0 radical (unpaired) electrons. The van der Waals surface area contributed by atoms with Gasteiger partial charge >= 0.3 is 0 Å². The van der Waals surface area contributed by atoms with Crippen LogP contribution in [0.25, 0.3) is 0 Å². The summed E-state index contributed by atoms with van der Waals surface area (Å²) in [5, 5.41) is 2.89. The predicted molar refractivity (Wildman–Crippen MR) is 66.2 cm³/mol. The van der Waals surface area contributed by atoms with Gasteiger partial charge in [0.15, 0.2) is 0 Å². The van der Waals surface area contributed by atoms with Crippen molar-refractivity contribution in [2.45, 2.75) is 51.6 Å². The van der Waals surface area contributed by atoms with Crippen molar-refractivity contribution in [2.24, 2.45) is 5.73 Å². The highest BCUT2D eigenvalue weighted by Crippen LogP contribution is 2.18. The zero-order valence-electron chi connectivity index (χ0n) is 10.5. The second-order valence-electron chi connectivity index (χ2n) is 4.55. The van der Waals surface area contributed by atoms with Crippen LogP contribution < -0.4 is 11.1 Å². The Morgan fingerprint density at radius 3 is 2.88 bits per heavy atom. The summed E-state index contributed by atoms with van der Waals surface area (Å²) in [6.45, 7) is 6.29. The number of nitrogens with two attached hydrogens (primary N) is 1. The molecule has 1 fully saturated rings.